The molecular weight excluding hydrogens is 499 g/mol. The molecule has 5 rings (SSSR count). The Morgan fingerprint density at radius 2 is 2.16 bits per heavy atom. The predicted molar refractivity (Wildman–Crippen MR) is 135 cm³/mol. The van der Waals surface area contributed by atoms with E-state index < -0.39 is 42.9 Å². The first kappa shape index (κ1) is 26.9. The number of likely N-dealkylation sites (tertiary alicyclic amines) is 1. The van der Waals surface area contributed by atoms with Gasteiger partial charge in [0.05, 0.1) is 23.6 Å². The average molecular weight is 534 g/mol. The van der Waals surface area contributed by atoms with Crippen LogP contribution in [0, 0.1) is 5.82 Å². The third-order valence-corrected chi connectivity index (χ3v) is 7.56. The van der Waals surface area contributed by atoms with Crippen LogP contribution in [0.5, 0.6) is 0 Å². The second-order valence-corrected chi connectivity index (χ2v) is 10.4. The zero-order chi connectivity index (χ0) is 26.7. The molecule has 1 aromatic carbocycles. The fraction of sp³-hybridized carbons (Fsp3) is 0.571. The van der Waals surface area contributed by atoms with Crippen LogP contribution in [0.1, 0.15) is 66.8 Å². The van der Waals surface area contributed by atoms with Crippen molar-refractivity contribution in [3.8, 4) is 0 Å². The number of nitrogens with one attached hydrogen (secondary N) is 1. The van der Waals surface area contributed by atoms with Crippen LogP contribution >= 0.6 is 0 Å². The van der Waals surface area contributed by atoms with Gasteiger partial charge in [-0.2, -0.15) is 0 Å². The van der Waals surface area contributed by atoms with Crippen LogP contribution in [0.25, 0.3) is 0 Å². The number of rotatable bonds is 10. The zero-order valence-electron chi connectivity index (χ0n) is 21.3. The van der Waals surface area contributed by atoms with Crippen molar-refractivity contribution in [3.63, 3.8) is 0 Å². The Morgan fingerprint density at radius 1 is 1.29 bits per heavy atom. The molecule has 0 amide bonds. The minimum Gasteiger partial charge on any atom is -0.480 e. The van der Waals surface area contributed by atoms with E-state index in [-0.39, 0.29) is 11.7 Å². The van der Waals surface area contributed by atoms with E-state index >= 15 is 0 Å². The van der Waals surface area contributed by atoms with E-state index in [0.29, 0.717) is 31.7 Å². The fourth-order valence-corrected chi connectivity index (χ4v) is 5.67. The quantitative estimate of drug-likeness (QED) is 0.420. The molecule has 4 heterocycles. The molecular formula is C28H34F3N3O4. The zero-order valence-corrected chi connectivity index (χ0v) is 21.3. The van der Waals surface area contributed by atoms with Crippen molar-refractivity contribution in [1.82, 2.24) is 9.88 Å². The summed E-state index contributed by atoms with van der Waals surface area (Å²) in [7, 11) is 0. The Morgan fingerprint density at radius 3 is 2.95 bits per heavy atom. The van der Waals surface area contributed by atoms with Gasteiger partial charge in [0.1, 0.15) is 18.5 Å². The third-order valence-electron chi connectivity index (χ3n) is 7.56. The summed E-state index contributed by atoms with van der Waals surface area (Å²) in [6, 6.07) is 6.66. The lowest BCUT2D eigenvalue weighted by Crippen LogP contribution is -2.34. The molecule has 7 nitrogen and oxygen atoms in total. The van der Waals surface area contributed by atoms with Gasteiger partial charge in [-0.15, -0.1) is 0 Å². The number of unbranched alkanes of at least 4 members (excludes halogenated alkanes) is 1. The summed E-state index contributed by atoms with van der Waals surface area (Å²) in [6.45, 7) is 1.64. The predicted octanol–water partition coefficient (Wildman–Crippen LogP) is 4.92. The van der Waals surface area contributed by atoms with Gasteiger partial charge < -0.3 is 19.9 Å². The van der Waals surface area contributed by atoms with Gasteiger partial charge in [-0.05, 0) is 73.9 Å². The van der Waals surface area contributed by atoms with Crippen LogP contribution in [0.4, 0.5) is 18.9 Å². The number of ether oxygens (including phenoxy) is 2. The van der Waals surface area contributed by atoms with Gasteiger partial charge in [0.15, 0.2) is 0 Å². The van der Waals surface area contributed by atoms with Crippen molar-refractivity contribution < 1.29 is 32.5 Å². The van der Waals surface area contributed by atoms with Crippen LogP contribution in [0.3, 0.4) is 0 Å². The Balaban J connectivity index is 1.14. The summed E-state index contributed by atoms with van der Waals surface area (Å²) in [5.41, 5.74) is 3.81. The molecule has 3 aliphatic rings. The number of aliphatic carboxylic acids is 1. The highest BCUT2D eigenvalue weighted by molar-refractivity contribution is 5.76. The average Bonchev–Trinajstić information content (AvgIpc) is 3.49. The van der Waals surface area contributed by atoms with Gasteiger partial charge in [-0.3, -0.25) is 14.7 Å². The fourth-order valence-electron chi connectivity index (χ4n) is 5.67. The number of carboxylic acid groups (broad SMARTS) is 1. The first-order valence-electron chi connectivity index (χ1n) is 13.4. The minimum absolute atomic E-state index is 0.145. The molecule has 10 heteroatoms. The molecule has 0 spiro atoms. The molecule has 1 aromatic heterocycles. The Hall–Kier alpha value is -2.69. The van der Waals surface area contributed by atoms with E-state index in [1.807, 2.05) is 0 Å². The number of hydrogen-bond acceptors (Lipinski definition) is 6. The van der Waals surface area contributed by atoms with E-state index in [2.05, 4.69) is 17.4 Å². The van der Waals surface area contributed by atoms with Crippen molar-refractivity contribution in [2.45, 2.75) is 69.1 Å². The molecule has 2 aromatic rings. The van der Waals surface area contributed by atoms with Crippen molar-refractivity contribution in [1.29, 1.82) is 0 Å². The molecule has 0 radical (unpaired) electrons. The lowest BCUT2D eigenvalue weighted by atomic mass is 9.93. The summed E-state index contributed by atoms with van der Waals surface area (Å²) in [4.78, 5) is 18.8. The number of halogens is 3. The van der Waals surface area contributed by atoms with Gasteiger partial charge in [0, 0.05) is 38.4 Å². The number of hydrogen-bond donors (Lipinski definition) is 2. The van der Waals surface area contributed by atoms with Crippen LogP contribution in [0.2, 0.25) is 0 Å². The molecule has 2 unspecified atom stereocenters. The number of fused-ring (bicyclic) bond motifs is 1. The Bertz CT molecular complexity index is 1150. The molecule has 3 aliphatic heterocycles. The highest BCUT2D eigenvalue weighted by Gasteiger charge is 2.44. The molecule has 2 saturated heterocycles. The maximum Gasteiger partial charge on any atom is 0.325 e. The number of pyridine rings is 1. The minimum atomic E-state index is -2.99. The highest BCUT2D eigenvalue weighted by atomic mass is 19.3. The van der Waals surface area contributed by atoms with Crippen molar-refractivity contribution in [2.24, 2.45) is 0 Å². The monoisotopic (exact) mass is 533 g/mol. The number of nitrogens with zero attached hydrogens (tertiary/aromatic N) is 2. The third kappa shape index (κ3) is 6.30. The summed E-state index contributed by atoms with van der Waals surface area (Å²) in [5, 5.41) is 13.4. The lowest BCUT2D eigenvalue weighted by molar-refractivity contribution is -0.143. The van der Waals surface area contributed by atoms with Crippen LogP contribution in [0.15, 0.2) is 30.3 Å². The second-order valence-electron chi connectivity index (χ2n) is 10.4. The molecule has 2 N–H and O–H groups in total. The lowest BCUT2D eigenvalue weighted by Gasteiger charge is -2.27. The Labute approximate surface area is 220 Å². The van der Waals surface area contributed by atoms with Crippen molar-refractivity contribution in [2.75, 3.05) is 38.2 Å². The van der Waals surface area contributed by atoms with Crippen LogP contribution in [-0.2, 0) is 27.1 Å². The normalized spacial score (nSPS) is 23.7. The molecule has 0 bridgehead atoms. The number of benzene rings is 1. The molecule has 3 atom stereocenters. The Kier molecular flexibility index (Phi) is 8.20. The standard InChI is InChI=1S/C28H34F3N3O4/c29-18-6-8-21(25-15-28(30,31)17-38-25)22(14-18)26(27(35)36)34-12-10-20(16-34)37-13-2-1-4-19-7-9-23-24(33-19)5-3-11-32-23/h6-9,14,20,25-26,32H,1-5,10-13,15-17H2,(H,35,36)/t20-,25?,26?/m1/s1. The van der Waals surface area contributed by atoms with E-state index in [1.54, 1.807) is 4.90 Å². The number of aromatic nitrogens is 1. The van der Waals surface area contributed by atoms with Gasteiger partial charge in [-0.25, -0.2) is 13.2 Å². The molecule has 2 fully saturated rings. The first-order chi connectivity index (χ1) is 18.3. The van der Waals surface area contributed by atoms with Crippen molar-refractivity contribution in [3.05, 3.63) is 58.7 Å². The smallest absolute Gasteiger partial charge is 0.325 e. The molecule has 206 valence electrons. The van der Waals surface area contributed by atoms with Crippen molar-refractivity contribution >= 4 is 11.7 Å². The molecule has 0 aliphatic carbocycles. The SMILES string of the molecule is O=C(O)C(c1cc(F)ccc1C1CC(F)(F)CO1)N1CC[C@@H](OCCCCc2ccc3c(n2)CCCN3)C1. The number of aryl methyl sites for hydroxylation is 2. The maximum atomic E-state index is 14.2. The summed E-state index contributed by atoms with van der Waals surface area (Å²) < 4.78 is 53.1. The van der Waals surface area contributed by atoms with Gasteiger partial charge in [-0.1, -0.05) is 6.07 Å². The number of alkyl halides is 2. The van der Waals surface area contributed by atoms with Gasteiger partial charge >= 0.3 is 5.97 Å². The second kappa shape index (κ2) is 11.6. The van der Waals surface area contributed by atoms with Crippen LogP contribution in [-0.4, -0.2) is 65.8 Å². The largest absolute Gasteiger partial charge is 0.480 e. The van der Waals surface area contributed by atoms with E-state index in [1.165, 1.54) is 6.07 Å². The first-order valence-corrected chi connectivity index (χ1v) is 13.4. The van der Waals surface area contributed by atoms with Crippen LogP contribution < -0.4 is 5.32 Å². The summed E-state index contributed by atoms with van der Waals surface area (Å²) in [5.74, 6) is -4.76. The van der Waals surface area contributed by atoms with E-state index in [4.69, 9.17) is 14.5 Å². The summed E-state index contributed by atoms with van der Waals surface area (Å²) in [6.07, 6.45) is 3.75. The summed E-state index contributed by atoms with van der Waals surface area (Å²) >= 11 is 0. The van der Waals surface area contributed by atoms with Gasteiger partial charge in [0.2, 0.25) is 0 Å². The number of anilines is 1. The molecule has 38 heavy (non-hydrogen) atoms. The maximum absolute atomic E-state index is 14.2. The number of carboxylic acids is 1. The van der Waals surface area contributed by atoms with E-state index in [9.17, 15) is 23.1 Å². The van der Waals surface area contributed by atoms with Gasteiger partial charge in [0.25, 0.3) is 5.92 Å². The molecule has 0 saturated carbocycles. The number of carbonyl (C=O) groups is 1. The van der Waals surface area contributed by atoms with E-state index in [0.717, 1.165) is 67.9 Å². The highest BCUT2D eigenvalue weighted by Crippen LogP contribution is 2.42. The topological polar surface area (TPSA) is 83.9 Å².